The first kappa shape index (κ1) is 29.7. The Kier molecular flexibility index (Phi) is 8.75. The lowest BCUT2D eigenvalue weighted by atomic mass is 9.60. The summed E-state index contributed by atoms with van der Waals surface area (Å²) in [6.45, 7) is 0. The zero-order chi connectivity index (χ0) is 29.8. The van der Waals surface area contributed by atoms with E-state index < -0.39 is 15.5 Å². The van der Waals surface area contributed by atoms with Crippen LogP contribution >= 0.6 is 27.7 Å². The van der Waals surface area contributed by atoms with Crippen molar-refractivity contribution < 1.29 is 0 Å². The highest BCUT2D eigenvalue weighted by Gasteiger charge is 2.59. The largest absolute Gasteiger partial charge is 0.121 e. The van der Waals surface area contributed by atoms with Crippen molar-refractivity contribution in [2.75, 3.05) is 0 Å². The molecule has 0 N–H and O–H groups in total. The third-order valence-electron chi connectivity index (χ3n) is 8.87. The van der Waals surface area contributed by atoms with Crippen molar-refractivity contribution >= 4 is 27.7 Å². The zero-order valence-corrected chi connectivity index (χ0v) is 27.6. The van der Waals surface area contributed by atoms with Crippen LogP contribution in [0.3, 0.4) is 0 Å². The molecule has 0 fully saturated rings. The molecule has 3 heteroatoms. The minimum absolute atomic E-state index is 0.0908. The Balaban J connectivity index is 1.83. The van der Waals surface area contributed by atoms with E-state index in [0.717, 1.165) is 0 Å². The third kappa shape index (κ3) is 5.32. The first-order valence-electron chi connectivity index (χ1n) is 14.7. The molecule has 3 atom stereocenters. The molecule has 6 rings (SSSR count). The molecule has 0 bridgehead atoms. The summed E-state index contributed by atoms with van der Waals surface area (Å²) in [5.41, 5.74) is 7.46. The van der Waals surface area contributed by atoms with E-state index in [2.05, 4.69) is 210 Å². The van der Waals surface area contributed by atoms with Gasteiger partial charge < -0.3 is 0 Å². The predicted octanol–water partition coefficient (Wildman–Crippen LogP) is 10.1. The Morgan fingerprint density at radius 1 is 0.256 bits per heavy atom. The van der Waals surface area contributed by atoms with Crippen LogP contribution in [0.5, 0.6) is 0 Å². The molecule has 0 spiro atoms. The van der Waals surface area contributed by atoms with Gasteiger partial charge in [-0.05, 0) is 33.4 Å². The lowest BCUT2D eigenvalue weighted by Gasteiger charge is -2.57. The molecule has 0 heterocycles. The molecule has 0 aliphatic rings. The summed E-state index contributed by atoms with van der Waals surface area (Å²) in [5.74, 6) is -0.0908. The highest BCUT2D eigenvalue weighted by atomic mass is 31.0. The van der Waals surface area contributed by atoms with Gasteiger partial charge in [0.2, 0.25) is 0 Å². The van der Waals surface area contributed by atoms with E-state index in [1.807, 2.05) is 0 Å². The lowest BCUT2D eigenvalue weighted by Crippen LogP contribution is -2.53. The van der Waals surface area contributed by atoms with Crippen LogP contribution in [0.2, 0.25) is 0 Å². The van der Waals surface area contributed by atoms with Crippen molar-refractivity contribution in [3.8, 4) is 0 Å². The number of hydrogen-bond donors (Lipinski definition) is 0. The standard InChI is InChI=1S/C40H37P3/c41-38(31-19-7-1-8-20-31,32-21-9-2-10-22-32)37(39(42,33-23-11-3-12-24-33)34-25-13-4-14-26-34)40(43,35-27-15-5-16-28-35)36-29-17-6-18-30-36/h1-30,37H,41-43H2. The summed E-state index contributed by atoms with van der Waals surface area (Å²) in [6.07, 6.45) is 0. The maximum atomic E-state index is 3.41. The van der Waals surface area contributed by atoms with Crippen molar-refractivity contribution in [2.24, 2.45) is 5.92 Å². The van der Waals surface area contributed by atoms with Crippen LogP contribution in [0.4, 0.5) is 0 Å². The summed E-state index contributed by atoms with van der Waals surface area (Å²) in [4.78, 5) is 0. The molecule has 43 heavy (non-hydrogen) atoms. The van der Waals surface area contributed by atoms with Gasteiger partial charge in [0.1, 0.15) is 0 Å². The number of rotatable bonds is 9. The second-order valence-electron chi connectivity index (χ2n) is 11.2. The van der Waals surface area contributed by atoms with Crippen LogP contribution in [0.1, 0.15) is 33.4 Å². The Labute approximate surface area is 263 Å². The smallest absolute Gasteiger partial charge is 0.0402 e. The number of benzene rings is 6. The maximum absolute atomic E-state index is 3.41. The van der Waals surface area contributed by atoms with Gasteiger partial charge in [-0.15, -0.1) is 27.7 Å². The Hall–Kier alpha value is -3.39. The summed E-state index contributed by atoms with van der Waals surface area (Å²) in [5, 5.41) is -1.61. The molecule has 6 aromatic carbocycles. The van der Waals surface area contributed by atoms with Gasteiger partial charge in [-0.2, -0.15) is 0 Å². The predicted molar refractivity (Wildman–Crippen MR) is 194 cm³/mol. The summed E-state index contributed by atoms with van der Waals surface area (Å²) >= 11 is 0. The van der Waals surface area contributed by atoms with Crippen LogP contribution < -0.4 is 0 Å². The molecular formula is C40H37P3. The van der Waals surface area contributed by atoms with Crippen LogP contribution in [0.25, 0.3) is 0 Å². The van der Waals surface area contributed by atoms with E-state index >= 15 is 0 Å². The second kappa shape index (κ2) is 12.7. The lowest BCUT2D eigenvalue weighted by molar-refractivity contribution is 0.295. The minimum atomic E-state index is -0.538. The van der Waals surface area contributed by atoms with Gasteiger partial charge in [0, 0.05) is 21.4 Å². The average Bonchev–Trinajstić information content (AvgIpc) is 3.10. The van der Waals surface area contributed by atoms with Crippen LogP contribution in [-0.4, -0.2) is 0 Å². The molecule has 0 saturated heterocycles. The van der Waals surface area contributed by atoms with Crippen LogP contribution in [0, 0.1) is 5.92 Å². The molecule has 212 valence electrons. The van der Waals surface area contributed by atoms with Gasteiger partial charge in [0.25, 0.3) is 0 Å². The van der Waals surface area contributed by atoms with Gasteiger partial charge in [0.05, 0.1) is 0 Å². The Morgan fingerprint density at radius 2 is 0.395 bits per heavy atom. The minimum Gasteiger partial charge on any atom is -0.121 e. The molecule has 0 aliphatic heterocycles. The van der Waals surface area contributed by atoms with Gasteiger partial charge in [-0.25, -0.2) is 0 Å². The van der Waals surface area contributed by atoms with Crippen molar-refractivity contribution in [2.45, 2.75) is 15.5 Å². The molecule has 0 aromatic heterocycles. The fraction of sp³-hybridized carbons (Fsp3) is 0.100. The quantitative estimate of drug-likeness (QED) is 0.143. The first-order valence-corrected chi connectivity index (χ1v) is 16.4. The monoisotopic (exact) mass is 610 g/mol. The van der Waals surface area contributed by atoms with E-state index in [9.17, 15) is 0 Å². The normalized spacial score (nSPS) is 12.3. The third-order valence-corrected chi connectivity index (χ3v) is 11.9. The van der Waals surface area contributed by atoms with Crippen LogP contribution in [0.15, 0.2) is 182 Å². The molecule has 0 nitrogen and oxygen atoms in total. The molecule has 0 amide bonds. The van der Waals surface area contributed by atoms with E-state index in [-0.39, 0.29) is 5.92 Å². The molecule has 0 saturated carbocycles. The highest BCUT2D eigenvalue weighted by molar-refractivity contribution is 7.22. The number of hydrogen-bond acceptors (Lipinski definition) is 0. The van der Waals surface area contributed by atoms with E-state index in [1.54, 1.807) is 0 Å². The molecule has 0 aliphatic carbocycles. The van der Waals surface area contributed by atoms with Gasteiger partial charge in [0.15, 0.2) is 0 Å². The van der Waals surface area contributed by atoms with E-state index in [4.69, 9.17) is 0 Å². The SMILES string of the molecule is PC(c1ccccc1)(c1ccccc1)C(C(P)(c1ccccc1)c1ccccc1)C(P)(c1ccccc1)c1ccccc1. The topological polar surface area (TPSA) is 0 Å². The molecule has 3 unspecified atom stereocenters. The Bertz CT molecular complexity index is 1390. The van der Waals surface area contributed by atoms with Gasteiger partial charge >= 0.3 is 0 Å². The van der Waals surface area contributed by atoms with E-state index in [0.29, 0.717) is 0 Å². The van der Waals surface area contributed by atoms with Crippen LogP contribution in [-0.2, 0) is 15.5 Å². The van der Waals surface area contributed by atoms with Gasteiger partial charge in [-0.3, -0.25) is 0 Å². The van der Waals surface area contributed by atoms with Crippen molar-refractivity contribution in [1.29, 1.82) is 0 Å². The van der Waals surface area contributed by atoms with Crippen molar-refractivity contribution in [3.63, 3.8) is 0 Å². The maximum Gasteiger partial charge on any atom is 0.0402 e. The fourth-order valence-electron chi connectivity index (χ4n) is 6.86. The second-order valence-corrected chi connectivity index (χ2v) is 14.0. The molecule has 0 radical (unpaired) electrons. The highest BCUT2D eigenvalue weighted by Crippen LogP contribution is 2.67. The first-order chi connectivity index (χ1) is 21.0. The van der Waals surface area contributed by atoms with E-state index in [1.165, 1.54) is 33.4 Å². The average molecular weight is 611 g/mol. The van der Waals surface area contributed by atoms with Gasteiger partial charge in [-0.1, -0.05) is 182 Å². The van der Waals surface area contributed by atoms with Crippen molar-refractivity contribution in [3.05, 3.63) is 215 Å². The Morgan fingerprint density at radius 3 is 0.535 bits per heavy atom. The fourth-order valence-corrected chi connectivity index (χ4v) is 10.2. The molecular weight excluding hydrogens is 573 g/mol. The summed E-state index contributed by atoms with van der Waals surface area (Å²) < 4.78 is 0. The summed E-state index contributed by atoms with van der Waals surface area (Å²) in [6, 6.07) is 66.1. The molecule has 6 aromatic rings. The zero-order valence-electron chi connectivity index (χ0n) is 24.1. The van der Waals surface area contributed by atoms with Crippen molar-refractivity contribution in [1.82, 2.24) is 0 Å². The summed E-state index contributed by atoms with van der Waals surface area (Å²) in [7, 11) is 10.2.